The minimum atomic E-state index is -4.18. The average Bonchev–Trinajstić information content (AvgIpc) is 2.26. The second-order valence-corrected chi connectivity index (χ2v) is 5.69. The van der Waals surface area contributed by atoms with E-state index in [1.54, 1.807) is 4.72 Å². The largest absolute Gasteiger partial charge is 0.398 e. The van der Waals surface area contributed by atoms with E-state index in [9.17, 15) is 17.2 Å². The number of nitrogen functional groups attached to an aromatic ring is 1. The van der Waals surface area contributed by atoms with Crippen LogP contribution in [0.25, 0.3) is 0 Å². The molecule has 0 spiro atoms. The number of aliphatic hydroxyl groups is 1. The Hall–Kier alpha value is -0.960. The zero-order valence-corrected chi connectivity index (χ0v) is 10.6. The van der Waals surface area contributed by atoms with Crippen LogP contribution in [-0.2, 0) is 10.0 Å². The molecule has 0 saturated carbocycles. The van der Waals surface area contributed by atoms with Gasteiger partial charge in [-0.1, -0.05) is 11.6 Å². The van der Waals surface area contributed by atoms with Crippen molar-refractivity contribution in [1.29, 1.82) is 0 Å². The van der Waals surface area contributed by atoms with Crippen LogP contribution in [0, 0.1) is 0 Å². The third-order valence-electron chi connectivity index (χ3n) is 2.01. The van der Waals surface area contributed by atoms with Crippen molar-refractivity contribution in [2.24, 2.45) is 0 Å². The van der Waals surface area contributed by atoms with Crippen LogP contribution in [0.15, 0.2) is 23.1 Å². The number of nitrogens with two attached hydrogens (primary N) is 1. The van der Waals surface area contributed by atoms with Gasteiger partial charge in [0.2, 0.25) is 10.0 Å². The summed E-state index contributed by atoms with van der Waals surface area (Å²) in [4.78, 5) is -0.347. The molecule has 1 rings (SSSR count). The first-order chi connectivity index (χ1) is 8.18. The maximum absolute atomic E-state index is 12.7. The van der Waals surface area contributed by atoms with E-state index in [1.165, 1.54) is 12.1 Å². The van der Waals surface area contributed by atoms with Crippen molar-refractivity contribution in [3.8, 4) is 0 Å². The number of hydrogen-bond donors (Lipinski definition) is 3. The molecule has 0 unspecified atom stereocenters. The van der Waals surface area contributed by atoms with Crippen LogP contribution >= 0.6 is 11.6 Å². The van der Waals surface area contributed by atoms with Crippen molar-refractivity contribution in [3.63, 3.8) is 0 Å². The molecule has 9 heteroatoms. The third-order valence-corrected chi connectivity index (χ3v) is 3.72. The molecular weight excluding hydrogens is 290 g/mol. The SMILES string of the molecule is Nc1cc(Cl)ccc1S(=O)(=O)NCC(F)(F)CO. The van der Waals surface area contributed by atoms with Crippen LogP contribution in [0.1, 0.15) is 0 Å². The highest BCUT2D eigenvalue weighted by Crippen LogP contribution is 2.22. The van der Waals surface area contributed by atoms with E-state index in [0.717, 1.165) is 6.07 Å². The van der Waals surface area contributed by atoms with Crippen molar-refractivity contribution in [2.75, 3.05) is 18.9 Å². The monoisotopic (exact) mass is 300 g/mol. The molecule has 0 radical (unpaired) electrons. The molecule has 1 aromatic rings. The van der Waals surface area contributed by atoms with Crippen molar-refractivity contribution < 1.29 is 22.3 Å². The maximum atomic E-state index is 12.7. The van der Waals surface area contributed by atoms with Gasteiger partial charge < -0.3 is 10.8 Å². The molecular formula is C9H11ClF2N2O3S. The highest BCUT2D eigenvalue weighted by atomic mass is 35.5. The molecule has 0 saturated heterocycles. The molecule has 0 fully saturated rings. The fraction of sp³-hybridized carbons (Fsp3) is 0.333. The Labute approximate surface area is 108 Å². The number of sulfonamides is 1. The number of aliphatic hydroxyl groups excluding tert-OH is 1. The molecule has 0 aromatic heterocycles. The molecule has 0 aliphatic heterocycles. The van der Waals surface area contributed by atoms with E-state index < -0.39 is 29.1 Å². The Kier molecular flexibility index (Phi) is 4.49. The number of hydrogen-bond acceptors (Lipinski definition) is 4. The summed E-state index contributed by atoms with van der Waals surface area (Å²) in [6, 6.07) is 3.58. The summed E-state index contributed by atoms with van der Waals surface area (Å²) < 4.78 is 50.5. The van der Waals surface area contributed by atoms with E-state index in [0.29, 0.717) is 0 Å². The summed E-state index contributed by atoms with van der Waals surface area (Å²) in [5.74, 6) is -3.53. The number of halogens is 3. The molecule has 5 nitrogen and oxygen atoms in total. The summed E-state index contributed by atoms with van der Waals surface area (Å²) in [6.07, 6.45) is 0. The van der Waals surface area contributed by atoms with E-state index in [4.69, 9.17) is 22.4 Å². The lowest BCUT2D eigenvalue weighted by Crippen LogP contribution is -2.39. The van der Waals surface area contributed by atoms with Crippen molar-refractivity contribution in [3.05, 3.63) is 23.2 Å². The van der Waals surface area contributed by atoms with Crippen LogP contribution in [0.3, 0.4) is 0 Å². The second kappa shape index (κ2) is 5.35. The predicted molar refractivity (Wildman–Crippen MR) is 63.1 cm³/mol. The Morgan fingerprint density at radius 3 is 2.56 bits per heavy atom. The summed E-state index contributed by atoms with van der Waals surface area (Å²) in [5.41, 5.74) is 5.29. The number of rotatable bonds is 5. The first kappa shape index (κ1) is 15.1. The minimum Gasteiger partial charge on any atom is -0.398 e. The van der Waals surface area contributed by atoms with Crippen LogP contribution < -0.4 is 10.5 Å². The molecule has 102 valence electrons. The zero-order valence-electron chi connectivity index (χ0n) is 9.03. The van der Waals surface area contributed by atoms with Crippen LogP contribution in [0.5, 0.6) is 0 Å². The van der Waals surface area contributed by atoms with Crippen molar-refractivity contribution in [1.82, 2.24) is 4.72 Å². The number of nitrogens with one attached hydrogen (secondary N) is 1. The van der Waals surface area contributed by atoms with Crippen LogP contribution in [-0.4, -0.2) is 32.6 Å². The first-order valence-corrected chi connectivity index (χ1v) is 6.57. The lowest BCUT2D eigenvalue weighted by molar-refractivity contribution is -0.0437. The molecule has 4 N–H and O–H groups in total. The molecule has 0 amide bonds. The summed E-state index contributed by atoms with van der Waals surface area (Å²) >= 11 is 5.59. The molecule has 0 bridgehead atoms. The standard InChI is InChI=1S/C9H11ClF2N2O3S/c10-6-1-2-8(7(13)3-6)18(16,17)14-4-9(11,12)5-15/h1-3,14-15H,4-5,13H2. The Bertz CT molecular complexity index is 537. The Morgan fingerprint density at radius 1 is 1.44 bits per heavy atom. The Balaban J connectivity index is 2.94. The van der Waals surface area contributed by atoms with Crippen molar-refractivity contribution >= 4 is 27.3 Å². The molecule has 1 aromatic carbocycles. The van der Waals surface area contributed by atoms with Gasteiger partial charge in [-0.3, -0.25) is 0 Å². The van der Waals surface area contributed by atoms with Crippen LogP contribution in [0.2, 0.25) is 5.02 Å². The third kappa shape index (κ3) is 3.77. The smallest absolute Gasteiger partial charge is 0.283 e. The Morgan fingerprint density at radius 2 is 2.06 bits per heavy atom. The summed E-state index contributed by atoms with van der Waals surface area (Å²) in [5, 5.41) is 8.55. The highest BCUT2D eigenvalue weighted by Gasteiger charge is 2.30. The van der Waals surface area contributed by atoms with E-state index >= 15 is 0 Å². The highest BCUT2D eigenvalue weighted by molar-refractivity contribution is 7.89. The van der Waals surface area contributed by atoms with E-state index in [-0.39, 0.29) is 15.6 Å². The van der Waals surface area contributed by atoms with Crippen molar-refractivity contribution in [2.45, 2.75) is 10.8 Å². The quantitative estimate of drug-likeness (QED) is 0.702. The van der Waals surface area contributed by atoms with E-state index in [2.05, 4.69) is 0 Å². The van der Waals surface area contributed by atoms with Crippen LogP contribution in [0.4, 0.5) is 14.5 Å². The van der Waals surface area contributed by atoms with Gasteiger partial charge in [-0.2, -0.15) is 0 Å². The maximum Gasteiger partial charge on any atom is 0.283 e. The van der Waals surface area contributed by atoms with Gasteiger partial charge in [-0.15, -0.1) is 0 Å². The molecule has 0 heterocycles. The minimum absolute atomic E-state index is 0.151. The zero-order chi connectivity index (χ0) is 14.0. The van der Waals surface area contributed by atoms with Gasteiger partial charge in [0, 0.05) is 5.02 Å². The number of anilines is 1. The lowest BCUT2D eigenvalue weighted by Gasteiger charge is -2.15. The van der Waals surface area contributed by atoms with Gasteiger partial charge in [0.15, 0.2) is 0 Å². The topological polar surface area (TPSA) is 92.4 Å². The van der Waals surface area contributed by atoms with Gasteiger partial charge >= 0.3 is 0 Å². The molecule has 0 aliphatic carbocycles. The molecule has 18 heavy (non-hydrogen) atoms. The normalized spacial score (nSPS) is 12.7. The summed E-state index contributed by atoms with van der Waals surface area (Å²) in [6.45, 7) is -2.67. The van der Waals surface area contributed by atoms with Gasteiger partial charge in [-0.05, 0) is 18.2 Å². The van der Waals surface area contributed by atoms with E-state index in [1.807, 2.05) is 0 Å². The molecule has 0 aliphatic rings. The van der Waals surface area contributed by atoms with Gasteiger partial charge in [0.25, 0.3) is 5.92 Å². The predicted octanol–water partition coefficient (Wildman–Crippen LogP) is 0.828. The first-order valence-electron chi connectivity index (χ1n) is 4.71. The fourth-order valence-corrected chi connectivity index (χ4v) is 2.45. The van der Waals surface area contributed by atoms with Gasteiger partial charge in [0.1, 0.15) is 11.5 Å². The number of alkyl halides is 2. The number of benzene rings is 1. The second-order valence-electron chi connectivity index (χ2n) is 3.52. The summed E-state index contributed by atoms with van der Waals surface area (Å²) in [7, 11) is -4.18. The van der Waals surface area contributed by atoms with Gasteiger partial charge in [0.05, 0.1) is 12.2 Å². The van der Waals surface area contributed by atoms with Gasteiger partial charge in [-0.25, -0.2) is 21.9 Å². The lowest BCUT2D eigenvalue weighted by atomic mass is 10.3. The average molecular weight is 301 g/mol. The molecule has 0 atom stereocenters. The fourth-order valence-electron chi connectivity index (χ4n) is 1.10.